The van der Waals surface area contributed by atoms with Crippen LogP contribution in [0.4, 0.5) is 13.2 Å². The van der Waals surface area contributed by atoms with E-state index in [1.807, 2.05) is 13.8 Å². The lowest BCUT2D eigenvalue weighted by molar-refractivity contribution is -0.138. The minimum Gasteiger partial charge on any atom is -0.272 e. The fraction of sp³-hybridized carbons (Fsp3) is 0.333. The molecule has 0 atom stereocenters. The summed E-state index contributed by atoms with van der Waals surface area (Å²) in [5, 5.41) is 6.67. The van der Waals surface area contributed by atoms with Gasteiger partial charge in [-0.25, -0.2) is 0 Å². The Kier molecular flexibility index (Phi) is 4.06. The molecule has 0 amide bonds. The Morgan fingerprint density at radius 1 is 1.35 bits per heavy atom. The zero-order chi connectivity index (χ0) is 15.1. The second-order valence-corrected chi connectivity index (χ2v) is 5.78. The molecule has 1 aromatic heterocycles. The maximum Gasteiger partial charge on any atom is 0.417 e. The highest BCUT2D eigenvalue weighted by Crippen LogP contribution is 2.36. The lowest BCUT2D eigenvalue weighted by atomic mass is 10.1. The number of nitrogens with zero attached hydrogens (tertiary/aromatic N) is 2. The van der Waals surface area contributed by atoms with Gasteiger partial charge in [-0.05, 0) is 30.4 Å². The zero-order valence-corrected chi connectivity index (χ0v) is 13.0. The molecule has 3 nitrogen and oxygen atoms in total. The van der Waals surface area contributed by atoms with Crippen molar-refractivity contribution >= 4 is 28.1 Å². The van der Waals surface area contributed by atoms with Gasteiger partial charge in [0.25, 0.3) is 0 Å². The molecule has 0 fully saturated rings. The third kappa shape index (κ3) is 2.80. The summed E-state index contributed by atoms with van der Waals surface area (Å²) in [5.41, 5.74) is -0.407. The molecule has 0 aliphatic carbocycles. The molecule has 2 rings (SSSR count). The van der Waals surface area contributed by atoms with E-state index in [1.54, 1.807) is 6.07 Å². The van der Waals surface area contributed by atoms with Gasteiger partial charge in [0.1, 0.15) is 5.82 Å². The Balaban J connectivity index is 2.66. The van der Waals surface area contributed by atoms with Gasteiger partial charge in [0, 0.05) is 10.4 Å². The molecule has 0 spiro atoms. The first-order valence-corrected chi connectivity index (χ1v) is 6.96. The van der Waals surface area contributed by atoms with Crippen molar-refractivity contribution in [3.8, 4) is 5.69 Å². The number of rotatable bonds is 2. The van der Waals surface area contributed by atoms with Crippen LogP contribution in [-0.2, 0) is 6.18 Å². The van der Waals surface area contributed by atoms with Crippen LogP contribution < -0.4 is 0 Å². The van der Waals surface area contributed by atoms with Crippen molar-refractivity contribution in [3.63, 3.8) is 0 Å². The van der Waals surface area contributed by atoms with Crippen molar-refractivity contribution in [1.82, 2.24) is 14.8 Å². The first-order valence-electron chi connectivity index (χ1n) is 5.76. The summed E-state index contributed by atoms with van der Waals surface area (Å²) in [6, 6.07) is 3.98. The molecule has 20 heavy (non-hydrogen) atoms. The van der Waals surface area contributed by atoms with Crippen LogP contribution >= 0.6 is 28.1 Å². The van der Waals surface area contributed by atoms with E-state index >= 15 is 0 Å². The number of halogens is 4. The average Bonchev–Trinajstić information content (AvgIpc) is 2.70. The van der Waals surface area contributed by atoms with Crippen LogP contribution in [0, 0.1) is 4.77 Å². The molecule has 108 valence electrons. The second kappa shape index (κ2) is 5.33. The molecule has 2 aromatic rings. The molecule has 0 radical (unpaired) electrons. The van der Waals surface area contributed by atoms with Crippen molar-refractivity contribution in [1.29, 1.82) is 0 Å². The summed E-state index contributed by atoms with van der Waals surface area (Å²) >= 11 is 8.01. The van der Waals surface area contributed by atoms with E-state index in [0.29, 0.717) is 11.5 Å². The number of hydrogen-bond acceptors (Lipinski definition) is 2. The molecular formula is C12H11BrF3N3S. The molecule has 0 aliphatic heterocycles. The van der Waals surface area contributed by atoms with E-state index < -0.39 is 11.7 Å². The van der Waals surface area contributed by atoms with E-state index in [9.17, 15) is 13.2 Å². The predicted octanol–water partition coefficient (Wildman–Crippen LogP) is 4.83. The minimum absolute atomic E-state index is 0.00476. The first kappa shape index (κ1) is 15.2. The maximum absolute atomic E-state index is 12.9. The zero-order valence-electron chi connectivity index (χ0n) is 10.6. The summed E-state index contributed by atoms with van der Waals surface area (Å²) in [4.78, 5) is 0. The lowest BCUT2D eigenvalue weighted by Crippen LogP contribution is -2.09. The highest BCUT2D eigenvalue weighted by Gasteiger charge is 2.33. The molecule has 1 N–H and O–H groups in total. The van der Waals surface area contributed by atoms with E-state index in [-0.39, 0.29) is 15.2 Å². The predicted molar refractivity (Wildman–Crippen MR) is 75.5 cm³/mol. The standard InChI is InChI=1S/C12H11BrF3N3S/c1-6(2)10-17-18-11(20)19(10)7-3-4-9(13)8(5-7)12(14,15)16/h3-6H,1-2H3,(H,18,20). The van der Waals surface area contributed by atoms with Crippen LogP contribution in [0.3, 0.4) is 0 Å². The quantitative estimate of drug-likeness (QED) is 0.772. The van der Waals surface area contributed by atoms with Crippen LogP contribution in [0.5, 0.6) is 0 Å². The van der Waals surface area contributed by atoms with Gasteiger partial charge in [0.15, 0.2) is 4.77 Å². The Bertz CT molecular complexity index is 688. The fourth-order valence-electron chi connectivity index (χ4n) is 1.82. The molecular weight excluding hydrogens is 355 g/mol. The summed E-state index contributed by atoms with van der Waals surface area (Å²) < 4.78 is 40.6. The molecule has 0 unspecified atom stereocenters. The van der Waals surface area contributed by atoms with Gasteiger partial charge in [0.2, 0.25) is 0 Å². The van der Waals surface area contributed by atoms with Crippen molar-refractivity contribution in [2.24, 2.45) is 0 Å². The number of hydrogen-bond donors (Lipinski definition) is 1. The Labute approximate surface area is 126 Å². The normalized spacial score (nSPS) is 12.2. The molecule has 8 heteroatoms. The second-order valence-electron chi connectivity index (χ2n) is 4.54. The summed E-state index contributed by atoms with van der Waals surface area (Å²) in [7, 11) is 0. The van der Waals surface area contributed by atoms with Crippen molar-refractivity contribution in [2.75, 3.05) is 0 Å². The van der Waals surface area contributed by atoms with E-state index in [4.69, 9.17) is 12.2 Å². The Hall–Kier alpha value is -1.15. The van der Waals surface area contributed by atoms with Gasteiger partial charge in [-0.2, -0.15) is 18.3 Å². The monoisotopic (exact) mass is 365 g/mol. The van der Waals surface area contributed by atoms with Crippen LogP contribution in [0.1, 0.15) is 31.2 Å². The molecule has 1 aromatic carbocycles. The van der Waals surface area contributed by atoms with Gasteiger partial charge in [-0.15, -0.1) is 0 Å². The van der Waals surface area contributed by atoms with Crippen LogP contribution in [0.15, 0.2) is 22.7 Å². The number of H-pyrrole nitrogens is 1. The topological polar surface area (TPSA) is 33.6 Å². The van der Waals surface area contributed by atoms with Crippen molar-refractivity contribution in [3.05, 3.63) is 38.8 Å². The lowest BCUT2D eigenvalue weighted by Gasteiger charge is -2.13. The highest BCUT2D eigenvalue weighted by molar-refractivity contribution is 9.10. The van der Waals surface area contributed by atoms with Gasteiger partial charge in [-0.1, -0.05) is 29.8 Å². The smallest absolute Gasteiger partial charge is 0.272 e. The van der Waals surface area contributed by atoms with Gasteiger partial charge in [-0.3, -0.25) is 9.67 Å². The Morgan fingerprint density at radius 3 is 2.55 bits per heavy atom. The average molecular weight is 366 g/mol. The van der Waals surface area contributed by atoms with Gasteiger partial charge in [0.05, 0.1) is 11.3 Å². The molecule has 1 heterocycles. The maximum atomic E-state index is 12.9. The van der Waals surface area contributed by atoms with E-state index in [2.05, 4.69) is 26.1 Å². The largest absolute Gasteiger partial charge is 0.417 e. The van der Waals surface area contributed by atoms with E-state index in [1.165, 1.54) is 10.6 Å². The number of aromatic amines is 1. The number of aromatic nitrogens is 3. The Morgan fingerprint density at radius 2 is 2.00 bits per heavy atom. The third-order valence-electron chi connectivity index (χ3n) is 2.73. The SMILES string of the molecule is CC(C)c1n[nH]c(=S)n1-c1ccc(Br)c(C(F)(F)F)c1. The fourth-order valence-corrected chi connectivity index (χ4v) is 2.53. The molecule has 0 aliphatic rings. The molecule has 0 saturated carbocycles. The van der Waals surface area contributed by atoms with Crippen LogP contribution in [0.2, 0.25) is 0 Å². The summed E-state index contributed by atoms with van der Waals surface area (Å²) in [5.74, 6) is 0.617. The number of nitrogens with one attached hydrogen (secondary N) is 1. The summed E-state index contributed by atoms with van der Waals surface area (Å²) in [6.45, 7) is 3.79. The third-order valence-corrected chi connectivity index (χ3v) is 3.69. The van der Waals surface area contributed by atoms with Gasteiger partial charge < -0.3 is 0 Å². The van der Waals surface area contributed by atoms with E-state index in [0.717, 1.165) is 6.07 Å². The number of benzene rings is 1. The van der Waals surface area contributed by atoms with Crippen molar-refractivity contribution < 1.29 is 13.2 Å². The molecule has 0 saturated heterocycles. The van der Waals surface area contributed by atoms with Gasteiger partial charge >= 0.3 is 6.18 Å². The number of alkyl halides is 3. The molecule has 0 bridgehead atoms. The highest BCUT2D eigenvalue weighted by atomic mass is 79.9. The first-order chi connectivity index (χ1) is 9.21. The van der Waals surface area contributed by atoms with Crippen LogP contribution in [-0.4, -0.2) is 14.8 Å². The van der Waals surface area contributed by atoms with Crippen molar-refractivity contribution in [2.45, 2.75) is 25.9 Å². The summed E-state index contributed by atoms with van der Waals surface area (Å²) in [6.07, 6.45) is -4.43. The minimum atomic E-state index is -4.43. The van der Waals surface area contributed by atoms with Crippen LogP contribution in [0.25, 0.3) is 5.69 Å².